The number of fused-ring (bicyclic) bond motifs is 1. The van der Waals surface area contributed by atoms with Crippen LogP contribution in [0.1, 0.15) is 47.8 Å². The summed E-state index contributed by atoms with van der Waals surface area (Å²) >= 11 is 12.5. The molecule has 0 radical (unpaired) electrons. The van der Waals surface area contributed by atoms with Crippen molar-refractivity contribution in [3.05, 3.63) is 75.4 Å². The van der Waals surface area contributed by atoms with Crippen LogP contribution in [0.25, 0.3) is 0 Å². The van der Waals surface area contributed by atoms with E-state index in [1.54, 1.807) is 6.07 Å². The minimum absolute atomic E-state index is 0.0622. The number of benzene rings is 2. The normalized spacial score (nSPS) is 13.4. The predicted octanol–water partition coefficient (Wildman–Crippen LogP) is 5.44. The van der Waals surface area contributed by atoms with Gasteiger partial charge in [0.05, 0.1) is 6.54 Å². The molecule has 9 heteroatoms. The molecular formula is C24H25Cl2N3O4. The average Bonchev–Trinajstić information content (AvgIpc) is 3.44. The molecule has 1 aliphatic rings. The molecule has 174 valence electrons. The second-order valence-corrected chi connectivity index (χ2v) is 8.82. The molecule has 2 heterocycles. The smallest absolute Gasteiger partial charge is 0.273 e. The molecule has 1 atom stereocenters. The van der Waals surface area contributed by atoms with Gasteiger partial charge >= 0.3 is 0 Å². The predicted molar refractivity (Wildman–Crippen MR) is 126 cm³/mol. The van der Waals surface area contributed by atoms with Gasteiger partial charge in [-0.1, -0.05) is 42.3 Å². The Morgan fingerprint density at radius 2 is 1.94 bits per heavy atom. The number of rotatable bonds is 9. The van der Waals surface area contributed by atoms with Crippen molar-refractivity contribution in [3.8, 4) is 11.5 Å². The van der Waals surface area contributed by atoms with Crippen molar-refractivity contribution < 1.29 is 18.7 Å². The summed E-state index contributed by atoms with van der Waals surface area (Å²) in [5.74, 6) is 1.64. The Hall–Kier alpha value is -2.74. The second-order valence-electron chi connectivity index (χ2n) is 7.98. The summed E-state index contributed by atoms with van der Waals surface area (Å²) < 4.78 is 16.5. The average molecular weight is 490 g/mol. The number of oxazole rings is 1. The minimum Gasteiger partial charge on any atom is -0.454 e. The first-order valence-corrected chi connectivity index (χ1v) is 11.5. The molecule has 3 aromatic rings. The first-order valence-electron chi connectivity index (χ1n) is 10.7. The number of carbonyl (C=O) groups excluding carboxylic acids is 1. The summed E-state index contributed by atoms with van der Waals surface area (Å²) in [6, 6.07) is 11.3. The van der Waals surface area contributed by atoms with Crippen LogP contribution in [0.3, 0.4) is 0 Å². The van der Waals surface area contributed by atoms with Crippen molar-refractivity contribution in [2.45, 2.75) is 45.9 Å². The molecule has 1 amide bonds. The lowest BCUT2D eigenvalue weighted by Gasteiger charge is -2.22. The van der Waals surface area contributed by atoms with E-state index in [4.69, 9.17) is 37.1 Å². The lowest BCUT2D eigenvalue weighted by atomic mass is 10.1. The first kappa shape index (κ1) is 23.4. The number of hydrogen-bond acceptors (Lipinski definition) is 6. The van der Waals surface area contributed by atoms with Crippen LogP contribution in [0.2, 0.25) is 10.0 Å². The molecule has 0 saturated carbocycles. The van der Waals surface area contributed by atoms with E-state index >= 15 is 0 Å². The molecule has 0 fully saturated rings. The van der Waals surface area contributed by atoms with Gasteiger partial charge < -0.3 is 19.2 Å². The number of nitrogens with zero attached hydrogens (tertiary/aromatic N) is 2. The van der Waals surface area contributed by atoms with Gasteiger partial charge in [-0.25, -0.2) is 4.98 Å². The fourth-order valence-corrected chi connectivity index (χ4v) is 3.90. The highest BCUT2D eigenvalue weighted by atomic mass is 35.5. The zero-order chi connectivity index (χ0) is 23.4. The molecule has 1 N–H and O–H groups in total. The van der Waals surface area contributed by atoms with E-state index in [1.807, 2.05) is 44.2 Å². The van der Waals surface area contributed by atoms with Gasteiger partial charge in [-0.15, -0.1) is 0 Å². The van der Waals surface area contributed by atoms with E-state index in [1.165, 1.54) is 6.26 Å². The maximum absolute atomic E-state index is 12.4. The first-order chi connectivity index (χ1) is 15.9. The standard InChI is InChI=1S/C24H25Cl2N3O4/c1-3-15(2)27-24(30)20-13-31-23(28-20)12-29(11-17-5-6-18(25)9-19(17)26)10-16-4-7-21-22(8-16)33-14-32-21/h4-9,13,15H,3,10-12,14H2,1-2H3,(H,27,30). The molecule has 0 spiro atoms. The van der Waals surface area contributed by atoms with Crippen LogP contribution in [0, 0.1) is 0 Å². The molecule has 33 heavy (non-hydrogen) atoms. The Bertz CT molecular complexity index is 1130. The fraction of sp³-hybridized carbons (Fsp3) is 0.333. The molecule has 4 rings (SSSR count). The third kappa shape index (κ3) is 5.99. The van der Waals surface area contributed by atoms with Crippen LogP contribution < -0.4 is 14.8 Å². The van der Waals surface area contributed by atoms with Gasteiger partial charge in [-0.2, -0.15) is 0 Å². The van der Waals surface area contributed by atoms with Gasteiger partial charge in [-0.05, 0) is 48.7 Å². The van der Waals surface area contributed by atoms with Gasteiger partial charge in [0.15, 0.2) is 17.2 Å². The molecule has 0 saturated heterocycles. The van der Waals surface area contributed by atoms with Gasteiger partial charge in [0, 0.05) is 29.2 Å². The number of amides is 1. The summed E-state index contributed by atoms with van der Waals surface area (Å²) in [6.07, 6.45) is 2.22. The van der Waals surface area contributed by atoms with Crippen LogP contribution in [-0.4, -0.2) is 28.6 Å². The number of carbonyl (C=O) groups is 1. The Balaban J connectivity index is 1.53. The third-order valence-electron chi connectivity index (χ3n) is 5.39. The van der Waals surface area contributed by atoms with E-state index in [-0.39, 0.29) is 24.4 Å². The summed E-state index contributed by atoms with van der Waals surface area (Å²) in [6.45, 7) is 5.66. The number of ether oxygens (including phenoxy) is 2. The van der Waals surface area contributed by atoms with Crippen molar-refractivity contribution in [2.75, 3.05) is 6.79 Å². The molecule has 2 aromatic carbocycles. The SMILES string of the molecule is CCC(C)NC(=O)c1coc(CN(Cc2ccc3c(c2)OCO3)Cc2ccc(Cl)cc2Cl)n1. The van der Waals surface area contributed by atoms with Crippen LogP contribution in [-0.2, 0) is 19.6 Å². The quantitative estimate of drug-likeness (QED) is 0.431. The van der Waals surface area contributed by atoms with Crippen LogP contribution in [0.4, 0.5) is 0 Å². The summed E-state index contributed by atoms with van der Waals surface area (Å²) in [5.41, 5.74) is 2.21. The van der Waals surface area contributed by atoms with Crippen LogP contribution in [0.5, 0.6) is 11.5 Å². The van der Waals surface area contributed by atoms with Crippen molar-refractivity contribution in [2.24, 2.45) is 0 Å². The molecule has 1 aromatic heterocycles. The highest BCUT2D eigenvalue weighted by Crippen LogP contribution is 2.33. The molecular weight excluding hydrogens is 465 g/mol. The Labute approximate surface area is 202 Å². The van der Waals surface area contributed by atoms with Crippen molar-refractivity contribution in [3.63, 3.8) is 0 Å². The van der Waals surface area contributed by atoms with Gasteiger partial charge in [0.1, 0.15) is 6.26 Å². The summed E-state index contributed by atoms with van der Waals surface area (Å²) in [4.78, 5) is 18.9. The number of hydrogen-bond donors (Lipinski definition) is 1. The highest BCUT2D eigenvalue weighted by Gasteiger charge is 2.19. The summed E-state index contributed by atoms with van der Waals surface area (Å²) in [5, 5.41) is 4.06. The lowest BCUT2D eigenvalue weighted by molar-refractivity contribution is 0.0934. The maximum atomic E-state index is 12.4. The largest absolute Gasteiger partial charge is 0.454 e. The number of nitrogens with one attached hydrogen (secondary N) is 1. The molecule has 1 unspecified atom stereocenters. The molecule has 1 aliphatic heterocycles. The van der Waals surface area contributed by atoms with E-state index in [0.29, 0.717) is 35.6 Å². The monoisotopic (exact) mass is 489 g/mol. The van der Waals surface area contributed by atoms with Crippen LogP contribution in [0.15, 0.2) is 47.1 Å². The van der Waals surface area contributed by atoms with Crippen molar-refractivity contribution >= 4 is 29.1 Å². The lowest BCUT2D eigenvalue weighted by Crippen LogP contribution is -2.32. The van der Waals surface area contributed by atoms with Crippen LogP contribution >= 0.6 is 23.2 Å². The molecule has 7 nitrogen and oxygen atoms in total. The third-order valence-corrected chi connectivity index (χ3v) is 5.97. The second kappa shape index (κ2) is 10.5. The maximum Gasteiger partial charge on any atom is 0.273 e. The zero-order valence-electron chi connectivity index (χ0n) is 18.4. The van der Waals surface area contributed by atoms with E-state index in [9.17, 15) is 4.79 Å². The number of halogens is 2. The van der Waals surface area contributed by atoms with Crippen molar-refractivity contribution in [1.29, 1.82) is 0 Å². The van der Waals surface area contributed by atoms with E-state index in [0.717, 1.165) is 29.0 Å². The van der Waals surface area contributed by atoms with Gasteiger partial charge in [0.25, 0.3) is 5.91 Å². The van der Waals surface area contributed by atoms with Gasteiger partial charge in [-0.3, -0.25) is 9.69 Å². The molecule has 0 aliphatic carbocycles. The van der Waals surface area contributed by atoms with E-state index < -0.39 is 0 Å². The minimum atomic E-state index is -0.248. The highest BCUT2D eigenvalue weighted by molar-refractivity contribution is 6.35. The zero-order valence-corrected chi connectivity index (χ0v) is 19.9. The molecule has 0 bridgehead atoms. The number of aromatic nitrogens is 1. The Kier molecular flexibility index (Phi) is 7.42. The fourth-order valence-electron chi connectivity index (χ4n) is 3.43. The van der Waals surface area contributed by atoms with E-state index in [2.05, 4.69) is 15.2 Å². The summed E-state index contributed by atoms with van der Waals surface area (Å²) in [7, 11) is 0. The topological polar surface area (TPSA) is 76.8 Å². The Morgan fingerprint density at radius 3 is 2.73 bits per heavy atom. The van der Waals surface area contributed by atoms with Gasteiger partial charge in [0.2, 0.25) is 12.7 Å². The Morgan fingerprint density at radius 1 is 1.12 bits per heavy atom. The van der Waals surface area contributed by atoms with Crippen molar-refractivity contribution in [1.82, 2.24) is 15.2 Å².